The van der Waals surface area contributed by atoms with Crippen LogP contribution in [0.5, 0.6) is 0 Å². The molecule has 1 saturated carbocycles. The lowest BCUT2D eigenvalue weighted by Crippen LogP contribution is -2.26. The van der Waals surface area contributed by atoms with E-state index < -0.39 is 17.5 Å². The number of amides is 1. The van der Waals surface area contributed by atoms with E-state index in [1.165, 1.54) is 14.2 Å². The van der Waals surface area contributed by atoms with E-state index in [1.54, 1.807) is 0 Å². The Morgan fingerprint density at radius 3 is 2.71 bits per heavy atom. The molecule has 1 aliphatic rings. The number of carbonyl (C=O) groups excluding carboxylic acids is 1. The Kier molecular flexibility index (Phi) is 3.11. The van der Waals surface area contributed by atoms with Crippen molar-refractivity contribution in [2.75, 3.05) is 14.2 Å². The monoisotopic (exact) mass is 240 g/mol. The molecule has 1 aromatic rings. The third-order valence-corrected chi connectivity index (χ3v) is 2.77. The third kappa shape index (κ3) is 2.29. The highest BCUT2D eigenvalue weighted by Crippen LogP contribution is 2.41. The van der Waals surface area contributed by atoms with E-state index in [0.29, 0.717) is 0 Å². The topological polar surface area (TPSA) is 29.5 Å². The molecule has 1 amide bonds. The van der Waals surface area contributed by atoms with E-state index in [9.17, 15) is 13.6 Å². The van der Waals surface area contributed by atoms with Gasteiger partial charge in [-0.15, -0.1) is 0 Å². The molecule has 0 atom stereocenters. The van der Waals surface area contributed by atoms with Crippen molar-refractivity contribution in [2.24, 2.45) is 0 Å². The van der Waals surface area contributed by atoms with Crippen LogP contribution in [0.3, 0.4) is 0 Å². The predicted molar refractivity (Wildman–Crippen MR) is 56.3 cm³/mol. The number of rotatable bonds is 3. The molecule has 1 radical (unpaired) electrons. The van der Waals surface area contributed by atoms with Crippen LogP contribution in [0.2, 0.25) is 0 Å². The molecule has 0 aromatic heterocycles. The van der Waals surface area contributed by atoms with Crippen molar-refractivity contribution in [2.45, 2.75) is 18.8 Å². The van der Waals surface area contributed by atoms with Gasteiger partial charge in [-0.05, 0) is 24.8 Å². The third-order valence-electron chi connectivity index (χ3n) is 2.77. The highest BCUT2D eigenvalue weighted by atomic mass is 19.1. The maximum Gasteiger partial charge on any atom is 0.280 e. The highest BCUT2D eigenvalue weighted by molar-refractivity contribution is 5.93. The van der Waals surface area contributed by atoms with Crippen molar-refractivity contribution in [1.29, 1.82) is 0 Å². The molecule has 0 bridgehead atoms. The van der Waals surface area contributed by atoms with Gasteiger partial charge in [0.25, 0.3) is 5.91 Å². The molecule has 3 nitrogen and oxygen atoms in total. The summed E-state index contributed by atoms with van der Waals surface area (Å²) in [6.07, 6.45) is 1.62. The van der Waals surface area contributed by atoms with E-state index in [-0.39, 0.29) is 17.0 Å². The van der Waals surface area contributed by atoms with Crippen LogP contribution in [0.25, 0.3) is 0 Å². The summed E-state index contributed by atoms with van der Waals surface area (Å²) in [7, 11) is 2.62. The summed E-state index contributed by atoms with van der Waals surface area (Å²) < 4.78 is 27.3. The minimum Gasteiger partial charge on any atom is -0.274 e. The van der Waals surface area contributed by atoms with Gasteiger partial charge in [-0.2, -0.15) is 0 Å². The molecular weight excluding hydrogens is 228 g/mol. The standard InChI is InChI=1S/C12H12F2NO2/c1-15(17-2)12(16)10-6-8(13)5-9(11(10)14)7-3-4-7/h6-7H,3-4H2,1-2H3. The molecule has 91 valence electrons. The predicted octanol–water partition coefficient (Wildman–Crippen LogP) is 2.28. The zero-order valence-corrected chi connectivity index (χ0v) is 9.59. The van der Waals surface area contributed by atoms with Crippen LogP contribution in [-0.4, -0.2) is 25.1 Å². The average Bonchev–Trinajstić information content (AvgIpc) is 3.13. The van der Waals surface area contributed by atoms with Crippen LogP contribution in [0, 0.1) is 17.7 Å². The van der Waals surface area contributed by atoms with Crippen molar-refractivity contribution in [3.63, 3.8) is 0 Å². The van der Waals surface area contributed by atoms with Crippen molar-refractivity contribution in [3.05, 3.63) is 34.9 Å². The number of benzene rings is 1. The van der Waals surface area contributed by atoms with Gasteiger partial charge in [0.15, 0.2) is 0 Å². The molecule has 2 rings (SSSR count). The number of halogens is 2. The van der Waals surface area contributed by atoms with Crippen LogP contribution in [-0.2, 0) is 4.84 Å². The Labute approximate surface area is 97.9 Å². The van der Waals surface area contributed by atoms with Gasteiger partial charge in [-0.1, -0.05) is 0 Å². The zero-order valence-electron chi connectivity index (χ0n) is 9.59. The minimum atomic E-state index is -0.721. The van der Waals surface area contributed by atoms with Gasteiger partial charge in [-0.25, -0.2) is 13.8 Å². The largest absolute Gasteiger partial charge is 0.280 e. The van der Waals surface area contributed by atoms with E-state index >= 15 is 0 Å². The molecule has 0 unspecified atom stereocenters. The van der Waals surface area contributed by atoms with Crippen LogP contribution in [0.15, 0.2) is 6.07 Å². The Morgan fingerprint density at radius 2 is 2.18 bits per heavy atom. The molecule has 5 heteroatoms. The molecule has 1 aromatic carbocycles. The highest BCUT2D eigenvalue weighted by Gasteiger charge is 2.30. The maximum absolute atomic E-state index is 14.0. The Balaban J connectivity index is 2.42. The summed E-state index contributed by atoms with van der Waals surface area (Å²) in [5, 5.41) is 0.856. The first-order valence-electron chi connectivity index (χ1n) is 5.28. The van der Waals surface area contributed by atoms with E-state index in [1.807, 2.05) is 0 Å². The second-order valence-corrected chi connectivity index (χ2v) is 4.02. The Hall–Kier alpha value is -1.49. The van der Waals surface area contributed by atoms with Gasteiger partial charge in [0.05, 0.1) is 12.7 Å². The van der Waals surface area contributed by atoms with Gasteiger partial charge in [0, 0.05) is 18.7 Å². The SMILES string of the molecule is CON(C)C(=O)c1cc(F)[c]c(C2CC2)c1F. The van der Waals surface area contributed by atoms with Gasteiger partial charge < -0.3 is 0 Å². The van der Waals surface area contributed by atoms with Crippen LogP contribution in [0.4, 0.5) is 8.78 Å². The molecule has 0 spiro atoms. The number of nitrogens with zero attached hydrogens (tertiary/aromatic N) is 1. The number of hydroxylamine groups is 2. The smallest absolute Gasteiger partial charge is 0.274 e. The van der Waals surface area contributed by atoms with Gasteiger partial charge >= 0.3 is 0 Å². The first-order chi connectivity index (χ1) is 8.04. The Morgan fingerprint density at radius 1 is 1.53 bits per heavy atom. The van der Waals surface area contributed by atoms with E-state index in [4.69, 9.17) is 0 Å². The normalized spacial score (nSPS) is 14.8. The molecule has 1 fully saturated rings. The molecule has 0 saturated heterocycles. The summed E-state index contributed by atoms with van der Waals surface area (Å²) in [6.45, 7) is 0. The average molecular weight is 240 g/mol. The summed E-state index contributed by atoms with van der Waals surface area (Å²) in [4.78, 5) is 16.4. The summed E-state index contributed by atoms with van der Waals surface area (Å²) in [6, 6.07) is 3.18. The summed E-state index contributed by atoms with van der Waals surface area (Å²) in [5.74, 6) is -2.13. The van der Waals surface area contributed by atoms with Crippen molar-refractivity contribution in [3.8, 4) is 0 Å². The van der Waals surface area contributed by atoms with Crippen LogP contribution >= 0.6 is 0 Å². The molecular formula is C12H12F2NO2. The van der Waals surface area contributed by atoms with Gasteiger partial charge in [0.2, 0.25) is 0 Å². The zero-order chi connectivity index (χ0) is 12.6. The number of hydrogen-bond acceptors (Lipinski definition) is 2. The number of hydrogen-bond donors (Lipinski definition) is 0. The molecule has 0 aliphatic heterocycles. The quantitative estimate of drug-likeness (QED) is 0.758. The molecule has 17 heavy (non-hydrogen) atoms. The molecule has 1 aliphatic carbocycles. The fraction of sp³-hybridized carbons (Fsp3) is 0.417. The first kappa shape index (κ1) is 12.0. The summed E-state index contributed by atoms with van der Waals surface area (Å²) >= 11 is 0. The molecule has 0 heterocycles. The van der Waals surface area contributed by atoms with E-state index in [2.05, 4.69) is 10.9 Å². The van der Waals surface area contributed by atoms with Gasteiger partial charge in [0.1, 0.15) is 11.6 Å². The van der Waals surface area contributed by atoms with Crippen molar-refractivity contribution in [1.82, 2.24) is 5.06 Å². The summed E-state index contributed by atoms with van der Waals surface area (Å²) in [5.41, 5.74) is -0.148. The second-order valence-electron chi connectivity index (χ2n) is 4.02. The van der Waals surface area contributed by atoms with Crippen molar-refractivity contribution < 1.29 is 18.4 Å². The second kappa shape index (κ2) is 4.41. The van der Waals surface area contributed by atoms with E-state index in [0.717, 1.165) is 24.0 Å². The lowest BCUT2D eigenvalue weighted by molar-refractivity contribution is -0.0759. The minimum absolute atomic E-state index is 0.00917. The van der Waals surface area contributed by atoms with Crippen LogP contribution in [0.1, 0.15) is 34.7 Å². The lowest BCUT2D eigenvalue weighted by Gasteiger charge is -2.15. The van der Waals surface area contributed by atoms with Crippen molar-refractivity contribution >= 4 is 5.91 Å². The Bertz CT molecular complexity index is 458. The lowest BCUT2D eigenvalue weighted by atomic mass is 10.0. The van der Waals surface area contributed by atoms with Gasteiger partial charge in [-0.3, -0.25) is 9.63 Å². The number of carbonyl (C=O) groups is 1. The fourth-order valence-corrected chi connectivity index (χ4v) is 1.62. The van der Waals surface area contributed by atoms with Crippen LogP contribution < -0.4 is 0 Å². The maximum atomic E-state index is 14.0. The fourth-order valence-electron chi connectivity index (χ4n) is 1.62. The first-order valence-corrected chi connectivity index (χ1v) is 5.28. The molecule has 0 N–H and O–H groups in total.